The molecule has 23 rings (SSSR count). The fraction of sp³-hybridized carbons (Fsp3) is 0. The molecule has 0 radical (unpaired) electrons. The molecule has 0 aliphatic carbocycles. The van der Waals surface area contributed by atoms with E-state index < -0.39 is 0 Å². The molecule has 23 aromatic rings. The highest BCUT2D eigenvalue weighted by molar-refractivity contribution is 6.95. The number of benzene rings is 15. The van der Waals surface area contributed by atoms with Crippen LogP contribution in [0.25, 0.3) is 187 Å². The Labute approximate surface area is 588 Å². The lowest BCUT2D eigenvalue weighted by Crippen LogP contribution is -2.51. The number of rotatable bonds is 9. The van der Waals surface area contributed by atoms with E-state index in [9.17, 15) is 0 Å². The molecule has 8 nitrogen and oxygen atoms in total. The van der Waals surface area contributed by atoms with E-state index >= 15 is 0 Å². The minimum Gasteiger partial charge on any atom is -0.462 e. The normalized spacial score (nSPS) is 12.3. The molecule has 9 heteroatoms. The van der Waals surface area contributed by atoms with Crippen molar-refractivity contribution < 1.29 is 8.83 Å². The maximum Gasteiger partial charge on any atom is 0.241 e. The molecule has 0 N–H and O–H groups in total. The predicted molar refractivity (Wildman–Crippen MR) is 430 cm³/mol. The fourth-order valence-electron chi connectivity index (χ4n) is 17.8. The van der Waals surface area contributed by atoms with Crippen LogP contribution in [0.5, 0.6) is 0 Å². The second-order valence-corrected chi connectivity index (χ2v) is 27.6. The van der Waals surface area contributed by atoms with E-state index in [0.717, 1.165) is 111 Å². The lowest BCUT2D eigenvalue weighted by molar-refractivity contribution is 0.613. The van der Waals surface area contributed by atoms with Crippen LogP contribution in [0.2, 0.25) is 0 Å². The summed E-state index contributed by atoms with van der Waals surface area (Å²) in [6, 6.07) is 123. The molecule has 8 heterocycles. The summed E-state index contributed by atoms with van der Waals surface area (Å²) in [6.45, 7) is -0.156. The lowest BCUT2D eigenvalue weighted by atomic mass is 9.37. The van der Waals surface area contributed by atoms with Gasteiger partial charge in [0.15, 0.2) is 0 Å². The average Bonchev–Trinajstić information content (AvgIpc) is 1.57. The first-order chi connectivity index (χ1) is 51.1. The molecule has 0 aliphatic rings. The van der Waals surface area contributed by atoms with Gasteiger partial charge in [-0.3, -0.25) is 0 Å². The maximum atomic E-state index is 6.68. The van der Waals surface area contributed by atoms with Crippen LogP contribution >= 0.6 is 0 Å². The molecule has 0 saturated heterocycles. The molecule has 0 spiro atoms. The first-order valence-electron chi connectivity index (χ1n) is 35.3. The minimum absolute atomic E-state index is 0.156. The molecule has 0 amide bonds. The minimum atomic E-state index is -0.156. The van der Waals surface area contributed by atoms with Gasteiger partial charge in [-0.25, -0.2) is 0 Å². The van der Waals surface area contributed by atoms with Crippen molar-refractivity contribution >= 4 is 176 Å². The van der Waals surface area contributed by atoms with Crippen molar-refractivity contribution in [1.29, 1.82) is 0 Å². The van der Waals surface area contributed by atoms with Gasteiger partial charge in [0.25, 0.3) is 0 Å². The molecule has 0 fully saturated rings. The SMILES string of the molecule is c1ccc(B(c2ccc3occ(-n4c5ccccc5c5cc6c(cc54)c4ccccc4n6-c4ccc5c(c4)c4ccccc4n5-c4ccccc4)c3c2)c2ccc3occ(-n4c5ccccc5c5cc6c(cc54)c4ccccc4n6-c4ccc5c(c4)c4ccccc4n5-c4ccccc4)c3c2)cc1. The van der Waals surface area contributed by atoms with Crippen LogP contribution < -0.4 is 16.4 Å². The van der Waals surface area contributed by atoms with Crippen molar-refractivity contribution in [2.24, 2.45) is 0 Å². The van der Waals surface area contributed by atoms with Gasteiger partial charge in [0, 0.05) is 98.2 Å². The lowest BCUT2D eigenvalue weighted by Gasteiger charge is -2.17. The largest absolute Gasteiger partial charge is 0.462 e. The molecule has 0 atom stereocenters. The number of hydrogen-bond donors (Lipinski definition) is 0. The molecule has 0 bridgehead atoms. The van der Waals surface area contributed by atoms with Gasteiger partial charge >= 0.3 is 0 Å². The molecule has 0 saturated carbocycles. The number of aromatic nitrogens is 6. The first kappa shape index (κ1) is 56.2. The monoisotopic (exact) mass is 1310 g/mol. The van der Waals surface area contributed by atoms with Crippen molar-refractivity contribution in [3.63, 3.8) is 0 Å². The van der Waals surface area contributed by atoms with Crippen molar-refractivity contribution in [1.82, 2.24) is 27.4 Å². The second kappa shape index (κ2) is 21.4. The zero-order valence-corrected chi connectivity index (χ0v) is 55.5. The van der Waals surface area contributed by atoms with Crippen molar-refractivity contribution in [2.45, 2.75) is 0 Å². The number of nitrogens with zero attached hydrogens (tertiary/aromatic N) is 6. The number of fused-ring (bicyclic) bond motifs is 20. The zero-order valence-electron chi connectivity index (χ0n) is 55.5. The third kappa shape index (κ3) is 8.01. The van der Waals surface area contributed by atoms with E-state index in [0.29, 0.717) is 0 Å². The highest BCUT2D eigenvalue weighted by atomic mass is 16.3. The molecule has 15 aromatic carbocycles. The van der Waals surface area contributed by atoms with Gasteiger partial charge in [-0.1, -0.05) is 217 Å². The Kier molecular flexibility index (Phi) is 11.7. The van der Waals surface area contributed by atoms with Crippen molar-refractivity contribution in [3.8, 4) is 34.1 Å². The number of furan rings is 2. The third-order valence-electron chi connectivity index (χ3n) is 22.2. The Hall–Kier alpha value is -13.8. The Morgan fingerprint density at radius 2 is 0.456 bits per heavy atom. The highest BCUT2D eigenvalue weighted by Crippen LogP contribution is 2.45. The first-order valence-corrected chi connectivity index (χ1v) is 35.3. The van der Waals surface area contributed by atoms with Gasteiger partial charge < -0.3 is 36.2 Å². The summed E-state index contributed by atoms with van der Waals surface area (Å²) in [4.78, 5) is 0. The van der Waals surface area contributed by atoms with Crippen molar-refractivity contribution in [3.05, 3.63) is 346 Å². The fourth-order valence-corrected chi connectivity index (χ4v) is 17.8. The Morgan fingerprint density at radius 1 is 0.175 bits per heavy atom. The summed E-state index contributed by atoms with van der Waals surface area (Å²) < 4.78 is 27.9. The van der Waals surface area contributed by atoms with E-state index in [-0.39, 0.29) is 6.71 Å². The average molecular weight is 1310 g/mol. The van der Waals surface area contributed by atoms with Crippen LogP contribution in [0, 0.1) is 0 Å². The van der Waals surface area contributed by atoms with Crippen LogP contribution in [-0.2, 0) is 0 Å². The van der Waals surface area contributed by atoms with E-state index in [1.54, 1.807) is 0 Å². The maximum absolute atomic E-state index is 6.68. The second-order valence-electron chi connectivity index (χ2n) is 27.6. The van der Waals surface area contributed by atoms with Crippen LogP contribution in [0.3, 0.4) is 0 Å². The molecule has 103 heavy (non-hydrogen) atoms. The molecule has 0 aliphatic heterocycles. The number of hydrogen-bond acceptors (Lipinski definition) is 2. The van der Waals surface area contributed by atoms with E-state index in [2.05, 4.69) is 361 Å². The summed E-state index contributed by atoms with van der Waals surface area (Å²) >= 11 is 0. The quantitative estimate of drug-likeness (QED) is 0.135. The molecule has 0 unspecified atom stereocenters. The Balaban J connectivity index is 0.672. The van der Waals surface area contributed by atoms with Gasteiger partial charge in [0.05, 0.1) is 77.6 Å². The van der Waals surface area contributed by atoms with Gasteiger partial charge in [-0.05, 0) is 133 Å². The van der Waals surface area contributed by atoms with E-state index in [1.807, 2.05) is 12.5 Å². The topological polar surface area (TPSA) is 55.9 Å². The zero-order chi connectivity index (χ0) is 67.1. The van der Waals surface area contributed by atoms with Gasteiger partial charge in [0.1, 0.15) is 23.7 Å². The Bertz CT molecular complexity index is 7080. The smallest absolute Gasteiger partial charge is 0.241 e. The number of para-hydroxylation sites is 8. The summed E-state index contributed by atoms with van der Waals surface area (Å²) in [6.07, 6.45) is 3.92. The van der Waals surface area contributed by atoms with Gasteiger partial charge in [-0.2, -0.15) is 0 Å². The van der Waals surface area contributed by atoms with E-state index in [4.69, 9.17) is 8.83 Å². The summed E-state index contributed by atoms with van der Waals surface area (Å²) in [5.74, 6) is 0. The standard InChI is InChI=1S/C94H57BN6O2/c1-4-22-58(23-5-1)95(59-40-46-93-77(48-59)91(56-102-93)100-83-38-20-14-32-69(83)75-52-87-73(54-89(75)100)67-30-12-18-36-81(67)98(87)63-42-44-85-71(50-63)65-28-10-16-34-79(65)96(85)61-24-6-2-7-25-61)60-41-47-94-78(49-60)92(57-103-94)101-84-39-21-15-33-70(84)76-53-88-74(55-90(76)101)68-31-13-19-37-82(68)99(88)64-43-45-86-72(51-64)66-29-11-17-35-80(66)97(86)62-26-8-3-9-27-62/h1-57H. The molecule has 478 valence electrons. The predicted octanol–water partition coefficient (Wildman–Crippen LogP) is 22.3. The van der Waals surface area contributed by atoms with E-state index in [1.165, 1.54) is 92.2 Å². The van der Waals surface area contributed by atoms with Crippen LogP contribution in [-0.4, -0.2) is 34.1 Å². The van der Waals surface area contributed by atoms with Gasteiger partial charge in [-0.15, -0.1) is 0 Å². The molecular weight excluding hydrogens is 1260 g/mol. The van der Waals surface area contributed by atoms with Crippen LogP contribution in [0.1, 0.15) is 0 Å². The van der Waals surface area contributed by atoms with Crippen molar-refractivity contribution in [2.75, 3.05) is 0 Å². The third-order valence-corrected chi connectivity index (χ3v) is 22.2. The summed E-state index contributed by atoms with van der Waals surface area (Å²) in [7, 11) is 0. The van der Waals surface area contributed by atoms with Crippen LogP contribution in [0.4, 0.5) is 0 Å². The van der Waals surface area contributed by atoms with Crippen LogP contribution in [0.15, 0.2) is 355 Å². The molecular formula is C94H57BN6O2. The summed E-state index contributed by atoms with van der Waals surface area (Å²) in [5.41, 5.74) is 25.4. The van der Waals surface area contributed by atoms with Gasteiger partial charge in [0.2, 0.25) is 6.71 Å². The highest BCUT2D eigenvalue weighted by Gasteiger charge is 2.29. The molecule has 8 aromatic heterocycles. The summed E-state index contributed by atoms with van der Waals surface area (Å²) in [5, 5.41) is 16.4. The Morgan fingerprint density at radius 3 is 0.816 bits per heavy atom.